The predicted octanol–water partition coefficient (Wildman–Crippen LogP) is 3.43. The van der Waals surface area contributed by atoms with Crippen molar-refractivity contribution in [3.63, 3.8) is 0 Å². The van der Waals surface area contributed by atoms with Crippen LogP contribution < -0.4 is 22.1 Å². The minimum atomic E-state index is -4.53. The number of nitrogens with one attached hydrogen (secondary N) is 3. The summed E-state index contributed by atoms with van der Waals surface area (Å²) in [6.45, 7) is 0.459. The molecule has 0 aromatic heterocycles. The maximum Gasteiger partial charge on any atom is 0.416 e. The van der Waals surface area contributed by atoms with Crippen LogP contribution in [0, 0.1) is 17.2 Å². The standard InChI is InChI=1S/C23H34F3N5O2/c24-23(25,26)17-7-4-8-18(12-17)30-22(33)20(10-9-15-5-2-1-3-6-15)31-21(32)19(29)11-16(13-27)14-28/h4,7-8,12,15-16,20,29H,1-3,5-6,9-11,13-14,27-28H2,(H,30,33)(H,31,32). The predicted molar refractivity (Wildman–Crippen MR) is 122 cm³/mol. The summed E-state index contributed by atoms with van der Waals surface area (Å²) in [5.41, 5.74) is 10.1. The molecule has 0 bridgehead atoms. The van der Waals surface area contributed by atoms with Gasteiger partial charge in [-0.05, 0) is 62.4 Å². The third kappa shape index (κ3) is 8.77. The molecule has 0 heterocycles. The lowest BCUT2D eigenvalue weighted by Gasteiger charge is -2.25. The summed E-state index contributed by atoms with van der Waals surface area (Å²) >= 11 is 0. The monoisotopic (exact) mass is 469 g/mol. The lowest BCUT2D eigenvalue weighted by molar-refractivity contribution is -0.137. The quantitative estimate of drug-likeness (QED) is 0.317. The molecule has 1 atom stereocenters. The third-order valence-electron chi connectivity index (χ3n) is 6.10. The van der Waals surface area contributed by atoms with E-state index in [1.165, 1.54) is 18.6 Å². The first-order valence-corrected chi connectivity index (χ1v) is 11.4. The fourth-order valence-electron chi connectivity index (χ4n) is 4.04. The molecule has 184 valence electrons. The molecule has 1 unspecified atom stereocenters. The summed E-state index contributed by atoms with van der Waals surface area (Å²) in [5.74, 6) is -1.09. The average Bonchev–Trinajstić information content (AvgIpc) is 2.80. The molecule has 0 spiro atoms. The number of benzene rings is 1. The Hall–Kier alpha value is -2.46. The number of carbonyl (C=O) groups excluding carboxylic acids is 2. The second-order valence-corrected chi connectivity index (χ2v) is 8.70. The summed E-state index contributed by atoms with van der Waals surface area (Å²) in [5, 5.41) is 13.1. The van der Waals surface area contributed by atoms with Gasteiger partial charge in [-0.2, -0.15) is 13.2 Å². The third-order valence-corrected chi connectivity index (χ3v) is 6.10. The molecule has 33 heavy (non-hydrogen) atoms. The second-order valence-electron chi connectivity index (χ2n) is 8.70. The average molecular weight is 470 g/mol. The molecular weight excluding hydrogens is 435 g/mol. The van der Waals surface area contributed by atoms with Gasteiger partial charge in [0, 0.05) is 5.69 Å². The molecule has 10 heteroatoms. The van der Waals surface area contributed by atoms with Crippen LogP contribution in [-0.4, -0.2) is 36.7 Å². The lowest BCUT2D eigenvalue weighted by atomic mass is 9.85. The van der Waals surface area contributed by atoms with E-state index in [2.05, 4.69) is 10.6 Å². The Morgan fingerprint density at radius 1 is 1.12 bits per heavy atom. The molecule has 1 saturated carbocycles. The highest BCUT2D eigenvalue weighted by Gasteiger charge is 2.31. The van der Waals surface area contributed by atoms with Crippen molar-refractivity contribution in [1.82, 2.24) is 5.32 Å². The van der Waals surface area contributed by atoms with Crippen LogP contribution in [-0.2, 0) is 15.8 Å². The van der Waals surface area contributed by atoms with E-state index in [1.807, 2.05) is 0 Å². The van der Waals surface area contributed by atoms with Gasteiger partial charge in [-0.25, -0.2) is 0 Å². The summed E-state index contributed by atoms with van der Waals surface area (Å²) in [4.78, 5) is 25.5. The van der Waals surface area contributed by atoms with Crippen molar-refractivity contribution in [2.24, 2.45) is 23.3 Å². The Balaban J connectivity index is 2.09. The van der Waals surface area contributed by atoms with E-state index < -0.39 is 29.6 Å². The van der Waals surface area contributed by atoms with E-state index in [0.29, 0.717) is 18.8 Å². The molecule has 1 aromatic rings. The van der Waals surface area contributed by atoms with Gasteiger partial charge in [0.15, 0.2) is 0 Å². The molecule has 7 nitrogen and oxygen atoms in total. The maximum atomic E-state index is 13.0. The summed E-state index contributed by atoms with van der Waals surface area (Å²) < 4.78 is 39.0. The van der Waals surface area contributed by atoms with Gasteiger partial charge in [-0.15, -0.1) is 0 Å². The molecule has 2 rings (SSSR count). The molecule has 1 aromatic carbocycles. The van der Waals surface area contributed by atoms with E-state index in [1.54, 1.807) is 0 Å². The lowest BCUT2D eigenvalue weighted by Crippen LogP contribution is -2.47. The number of halogens is 3. The van der Waals surface area contributed by atoms with Crippen molar-refractivity contribution >= 4 is 23.2 Å². The zero-order valence-corrected chi connectivity index (χ0v) is 18.7. The number of carbonyl (C=O) groups is 2. The Morgan fingerprint density at radius 3 is 2.39 bits per heavy atom. The van der Waals surface area contributed by atoms with Crippen LogP contribution in [0.1, 0.15) is 56.9 Å². The number of rotatable bonds is 11. The number of hydrogen-bond donors (Lipinski definition) is 5. The van der Waals surface area contributed by atoms with Gasteiger partial charge >= 0.3 is 6.18 Å². The van der Waals surface area contributed by atoms with Crippen molar-refractivity contribution in [3.8, 4) is 0 Å². The fraction of sp³-hybridized carbons (Fsp3) is 0.609. The minimum absolute atomic E-state index is 0.00635. The van der Waals surface area contributed by atoms with Crippen LogP contribution in [0.5, 0.6) is 0 Å². The van der Waals surface area contributed by atoms with Gasteiger partial charge < -0.3 is 22.1 Å². The Labute approximate surface area is 192 Å². The van der Waals surface area contributed by atoms with E-state index in [0.717, 1.165) is 37.8 Å². The van der Waals surface area contributed by atoms with E-state index >= 15 is 0 Å². The van der Waals surface area contributed by atoms with Gasteiger partial charge in [0.1, 0.15) is 6.04 Å². The summed E-state index contributed by atoms with van der Waals surface area (Å²) in [6.07, 6.45) is 2.16. The van der Waals surface area contributed by atoms with Crippen molar-refractivity contribution in [3.05, 3.63) is 29.8 Å². The van der Waals surface area contributed by atoms with Gasteiger partial charge in [0.25, 0.3) is 5.91 Å². The Kier molecular flexibility index (Phi) is 10.3. The van der Waals surface area contributed by atoms with Crippen molar-refractivity contribution < 1.29 is 22.8 Å². The van der Waals surface area contributed by atoms with E-state index in [9.17, 15) is 22.8 Å². The van der Waals surface area contributed by atoms with Gasteiger partial charge in [0.2, 0.25) is 5.91 Å². The topological polar surface area (TPSA) is 134 Å². The summed E-state index contributed by atoms with van der Waals surface area (Å²) in [7, 11) is 0. The van der Waals surface area contributed by atoms with Crippen molar-refractivity contribution in [2.45, 2.75) is 63.6 Å². The van der Waals surface area contributed by atoms with Crippen molar-refractivity contribution in [2.75, 3.05) is 18.4 Å². The van der Waals surface area contributed by atoms with Crippen LogP contribution in [0.2, 0.25) is 0 Å². The first-order valence-electron chi connectivity index (χ1n) is 11.4. The second kappa shape index (κ2) is 12.7. The molecule has 7 N–H and O–H groups in total. The van der Waals surface area contributed by atoms with Crippen molar-refractivity contribution in [1.29, 1.82) is 5.41 Å². The van der Waals surface area contributed by atoms with Crippen LogP contribution in [0.3, 0.4) is 0 Å². The van der Waals surface area contributed by atoms with Gasteiger partial charge in [0.05, 0.1) is 11.3 Å². The Morgan fingerprint density at radius 2 is 1.79 bits per heavy atom. The maximum absolute atomic E-state index is 13.0. The molecule has 0 aliphatic heterocycles. The Bertz CT molecular complexity index is 806. The molecule has 1 aliphatic rings. The highest BCUT2D eigenvalue weighted by atomic mass is 19.4. The smallest absolute Gasteiger partial charge is 0.339 e. The van der Waals surface area contributed by atoms with Crippen LogP contribution in [0.25, 0.3) is 0 Å². The number of alkyl halides is 3. The zero-order valence-electron chi connectivity index (χ0n) is 18.7. The first-order chi connectivity index (χ1) is 15.6. The molecule has 2 amide bonds. The number of hydrogen-bond acceptors (Lipinski definition) is 5. The SMILES string of the molecule is N=C(CC(CN)CN)C(=O)NC(CCC1CCCCC1)C(=O)Nc1cccc(C(F)(F)F)c1. The van der Waals surface area contributed by atoms with Gasteiger partial charge in [-0.3, -0.25) is 15.0 Å². The van der Waals surface area contributed by atoms with Crippen LogP contribution in [0.15, 0.2) is 24.3 Å². The summed E-state index contributed by atoms with van der Waals surface area (Å²) in [6, 6.07) is 3.38. The molecule has 0 saturated heterocycles. The van der Waals surface area contributed by atoms with E-state index in [4.69, 9.17) is 16.9 Å². The molecule has 1 fully saturated rings. The molecule has 0 radical (unpaired) electrons. The number of amides is 2. The highest BCUT2D eigenvalue weighted by molar-refractivity contribution is 6.38. The number of anilines is 1. The molecule has 1 aliphatic carbocycles. The normalized spacial score (nSPS) is 15.8. The zero-order chi connectivity index (χ0) is 24.4. The largest absolute Gasteiger partial charge is 0.416 e. The minimum Gasteiger partial charge on any atom is -0.339 e. The fourth-order valence-corrected chi connectivity index (χ4v) is 4.04. The van der Waals surface area contributed by atoms with E-state index in [-0.39, 0.29) is 36.8 Å². The number of nitrogens with two attached hydrogens (primary N) is 2. The first kappa shape index (κ1) is 26.8. The van der Waals surface area contributed by atoms with Gasteiger partial charge in [-0.1, -0.05) is 38.2 Å². The van der Waals surface area contributed by atoms with Crippen LogP contribution in [0.4, 0.5) is 18.9 Å². The van der Waals surface area contributed by atoms with Crippen LogP contribution >= 0.6 is 0 Å². The highest BCUT2D eigenvalue weighted by Crippen LogP contribution is 2.31. The molecular formula is C23H34F3N5O2.